The van der Waals surface area contributed by atoms with Crippen molar-refractivity contribution in [2.45, 2.75) is 95.0 Å². The number of anilines is 2. The van der Waals surface area contributed by atoms with Crippen molar-refractivity contribution in [3.8, 4) is 20.9 Å². The minimum absolute atomic E-state index is 0.0101. The number of benzene rings is 2. The van der Waals surface area contributed by atoms with Crippen molar-refractivity contribution in [2.24, 2.45) is 0 Å². The third kappa shape index (κ3) is 13.3. The van der Waals surface area contributed by atoms with Crippen LogP contribution in [0.2, 0.25) is 0 Å². The van der Waals surface area contributed by atoms with Crippen LogP contribution in [0.25, 0.3) is 20.9 Å². The van der Waals surface area contributed by atoms with E-state index in [9.17, 15) is 28.8 Å². The van der Waals surface area contributed by atoms with E-state index in [0.717, 1.165) is 80.7 Å². The molecule has 4 fully saturated rings. The monoisotopic (exact) mass is 1090 g/mol. The van der Waals surface area contributed by atoms with Crippen LogP contribution < -0.4 is 31.9 Å². The number of amides is 6. The molecule has 17 nitrogen and oxygen atoms in total. The Hall–Kier alpha value is -6.20. The normalized spacial score (nSPS) is 18.6. The van der Waals surface area contributed by atoms with Crippen molar-refractivity contribution in [1.29, 1.82) is 0 Å². The van der Waals surface area contributed by atoms with E-state index in [4.69, 9.17) is 4.74 Å². The van der Waals surface area contributed by atoms with Gasteiger partial charge in [-0.25, -0.2) is 9.97 Å². The molecule has 0 unspecified atom stereocenters. The number of nitrogens with one attached hydrogen (secondary N) is 6. The molecule has 0 saturated carbocycles. The molecule has 4 aliphatic heterocycles. The van der Waals surface area contributed by atoms with Crippen molar-refractivity contribution in [1.82, 2.24) is 41.0 Å². The van der Waals surface area contributed by atoms with Gasteiger partial charge in [-0.2, -0.15) is 0 Å². The Morgan fingerprint density at radius 2 is 1.19 bits per heavy atom. The number of carbonyl (C=O) groups is 6. The number of aromatic nitrogens is 2. The third-order valence-corrected chi connectivity index (χ3v) is 18.3. The summed E-state index contributed by atoms with van der Waals surface area (Å²) in [6.45, 7) is 6.84. The first kappa shape index (κ1) is 52.3. The highest BCUT2D eigenvalue weighted by Gasteiger charge is 2.37. The van der Waals surface area contributed by atoms with E-state index in [1.807, 2.05) is 58.6 Å². The zero-order valence-corrected chi connectivity index (χ0v) is 44.8. The predicted octanol–water partition coefficient (Wildman–Crippen LogP) is 7.42. The van der Waals surface area contributed by atoms with Crippen LogP contribution in [0, 0.1) is 0 Å². The molecule has 4 aliphatic rings. The van der Waals surface area contributed by atoms with E-state index in [0.29, 0.717) is 85.0 Å². The molecule has 6 aromatic rings. The molecule has 0 spiro atoms. The highest BCUT2D eigenvalue weighted by molar-refractivity contribution is 7.18. The summed E-state index contributed by atoms with van der Waals surface area (Å²) < 4.78 is 6.09. The van der Waals surface area contributed by atoms with Crippen molar-refractivity contribution in [3.63, 3.8) is 0 Å². The van der Waals surface area contributed by atoms with Crippen LogP contribution in [-0.2, 0) is 37.0 Å². The number of unbranched alkanes of at least 4 members (excludes halogenated alkanes) is 2. The Balaban J connectivity index is 0.562. The number of rotatable bonds is 21. The molecule has 4 saturated heterocycles. The summed E-state index contributed by atoms with van der Waals surface area (Å²) in [5, 5.41) is 21.6. The second-order valence-electron chi connectivity index (χ2n) is 19.5. The van der Waals surface area contributed by atoms with E-state index in [1.165, 1.54) is 29.6 Å². The number of likely N-dealkylation sites (tertiary alicyclic amines) is 2. The molecule has 75 heavy (non-hydrogen) atoms. The fourth-order valence-electron chi connectivity index (χ4n) is 9.43. The molecule has 6 N–H and O–H groups in total. The number of ether oxygens (including phenoxy) is 1. The van der Waals surface area contributed by atoms with Crippen LogP contribution in [0.1, 0.15) is 104 Å². The predicted molar refractivity (Wildman–Crippen MR) is 293 cm³/mol. The molecule has 3 atom stereocenters. The van der Waals surface area contributed by atoms with Crippen LogP contribution in [0.4, 0.5) is 10.0 Å². The topological polar surface area (TPSA) is 216 Å². The van der Waals surface area contributed by atoms with Gasteiger partial charge < -0.3 is 46.4 Å². The third-order valence-electron chi connectivity index (χ3n) is 13.9. The zero-order chi connectivity index (χ0) is 51.8. The van der Waals surface area contributed by atoms with Crippen LogP contribution >= 0.6 is 45.3 Å². The Morgan fingerprint density at radius 3 is 1.72 bits per heavy atom. The Kier molecular flexibility index (Phi) is 16.9. The van der Waals surface area contributed by atoms with Gasteiger partial charge in [-0.15, -0.1) is 45.3 Å². The quantitative estimate of drug-likeness (QED) is 0.0390. The van der Waals surface area contributed by atoms with Gasteiger partial charge in [0.25, 0.3) is 11.8 Å². The number of hydrogen-bond donors (Lipinski definition) is 6. The van der Waals surface area contributed by atoms with Gasteiger partial charge in [0.15, 0.2) is 0 Å². The summed E-state index contributed by atoms with van der Waals surface area (Å²) in [4.78, 5) is 92.2. The molecule has 2 aromatic carbocycles. The molecule has 0 bridgehead atoms. The van der Waals surface area contributed by atoms with Crippen LogP contribution in [0.15, 0.2) is 85.2 Å². The van der Waals surface area contributed by atoms with Crippen molar-refractivity contribution in [2.75, 3.05) is 56.5 Å². The molecular formula is C54H60N10O7S4. The maximum atomic E-state index is 13.3. The Labute approximate surface area is 451 Å². The SMILES string of the molecule is CC(=O)NCc1ccc(-c2cnc(C3CN(C(=O)c4ccc(NC(=O)[C@@H]5C[C@@H](OCCCCCC(=O)NCc6ccc(-c7cnc(C8CN(C(=O)c9ccc(NC(=O)[C@@H]%10CCCN%10)s9)C8)s7)cc6)CN5)s4)C3)s2)cc1. The lowest BCUT2D eigenvalue weighted by molar-refractivity contribution is -0.121. The van der Waals surface area contributed by atoms with Gasteiger partial charge in [-0.3, -0.25) is 28.8 Å². The van der Waals surface area contributed by atoms with E-state index >= 15 is 0 Å². The lowest BCUT2D eigenvalue weighted by atomic mass is 10.0. The summed E-state index contributed by atoms with van der Waals surface area (Å²) >= 11 is 5.87. The fourth-order valence-corrected chi connectivity index (χ4v) is 13.2. The zero-order valence-electron chi connectivity index (χ0n) is 41.6. The lowest BCUT2D eigenvalue weighted by Crippen LogP contribution is -2.48. The van der Waals surface area contributed by atoms with E-state index in [2.05, 4.69) is 54.0 Å². The van der Waals surface area contributed by atoms with Crippen LogP contribution in [0.5, 0.6) is 0 Å². The maximum absolute atomic E-state index is 13.3. The maximum Gasteiger partial charge on any atom is 0.264 e. The Morgan fingerprint density at radius 1 is 0.640 bits per heavy atom. The number of thiophene rings is 2. The molecular weight excluding hydrogens is 1030 g/mol. The largest absolute Gasteiger partial charge is 0.377 e. The standard InChI is InChI=1S/C54H60N10O7S4/c1-32(65)56-23-33-8-12-35(13-9-33)44-26-59-51(74-44)38-30-64(31-38)54(70)43-17-19-48(73-43)62-50(68)41-22-39(25-57-41)71-21-4-2-3-7-46(66)58-24-34-10-14-36(15-11-34)45-27-60-52(75-45)37-28-63(29-37)53(69)42-16-18-47(72-42)61-49(67)40-6-5-20-55-40/h8-19,26-27,37-41,55,57H,2-7,20-25,28-31H2,1H3,(H,56,65)(H,58,66)(H,61,67)(H,62,68)/t39-,40+,41+/m1/s1. The molecule has 392 valence electrons. The highest BCUT2D eigenvalue weighted by atomic mass is 32.1. The summed E-state index contributed by atoms with van der Waals surface area (Å²) in [6, 6.07) is 22.8. The molecule has 8 heterocycles. The average molecular weight is 1090 g/mol. The summed E-state index contributed by atoms with van der Waals surface area (Å²) in [5.41, 5.74) is 4.16. The van der Waals surface area contributed by atoms with Gasteiger partial charge in [-0.05, 0) is 85.2 Å². The second-order valence-corrected chi connectivity index (χ2v) is 23.8. The average Bonchev–Trinajstić information content (AvgIpc) is 4.26. The van der Waals surface area contributed by atoms with Gasteiger partial charge in [0.2, 0.25) is 23.6 Å². The molecule has 21 heteroatoms. The molecule has 0 radical (unpaired) electrons. The number of nitrogens with zero attached hydrogens (tertiary/aromatic N) is 4. The molecule has 10 rings (SSSR count). The van der Waals surface area contributed by atoms with Crippen LogP contribution in [-0.4, -0.2) is 119 Å². The molecule has 4 aromatic heterocycles. The minimum atomic E-state index is -0.392. The first-order valence-electron chi connectivity index (χ1n) is 25.6. The van der Waals surface area contributed by atoms with E-state index in [-0.39, 0.29) is 59.4 Å². The smallest absolute Gasteiger partial charge is 0.264 e. The fraction of sp³-hybridized carbons (Fsp3) is 0.407. The minimum Gasteiger partial charge on any atom is -0.377 e. The van der Waals surface area contributed by atoms with Gasteiger partial charge in [-0.1, -0.05) is 55.0 Å². The van der Waals surface area contributed by atoms with Gasteiger partial charge >= 0.3 is 0 Å². The summed E-state index contributed by atoms with van der Waals surface area (Å²) in [6.07, 6.45) is 8.93. The van der Waals surface area contributed by atoms with Crippen molar-refractivity contribution < 1.29 is 33.5 Å². The number of hydrogen-bond acceptors (Lipinski definition) is 15. The van der Waals surface area contributed by atoms with Gasteiger partial charge in [0.05, 0.1) is 57.7 Å². The molecule has 6 amide bonds. The highest BCUT2D eigenvalue weighted by Crippen LogP contribution is 2.38. The van der Waals surface area contributed by atoms with E-state index < -0.39 is 6.04 Å². The summed E-state index contributed by atoms with van der Waals surface area (Å²) in [7, 11) is 0. The Bertz CT molecular complexity index is 2990. The van der Waals surface area contributed by atoms with Crippen molar-refractivity contribution in [3.05, 3.63) is 116 Å². The number of carbonyl (C=O) groups excluding carboxylic acids is 6. The first-order chi connectivity index (χ1) is 36.5. The lowest BCUT2D eigenvalue weighted by Gasteiger charge is -2.37. The van der Waals surface area contributed by atoms with Gasteiger partial charge in [0, 0.05) is 90.0 Å². The second kappa shape index (κ2) is 24.2. The van der Waals surface area contributed by atoms with Crippen molar-refractivity contribution >= 4 is 90.8 Å². The first-order valence-corrected chi connectivity index (χ1v) is 28.8. The number of thiazole rings is 2. The van der Waals surface area contributed by atoms with Crippen LogP contribution in [0.3, 0.4) is 0 Å². The van der Waals surface area contributed by atoms with E-state index in [1.54, 1.807) is 46.9 Å². The molecule has 0 aliphatic carbocycles. The summed E-state index contributed by atoms with van der Waals surface area (Å²) in [5.74, 6) is 0.0430. The van der Waals surface area contributed by atoms with Gasteiger partial charge in [0.1, 0.15) is 0 Å².